The molecule has 7 heteroatoms. The Morgan fingerprint density at radius 2 is 1.79 bits per heavy atom. The number of anilines is 1. The standard InChI is InChI=1S/C21H23N5O2/c1-24-11-10-23-20(24)16-28-18-7-5-17(6-8-18)21(27)26-14-12-25(13-15-26)19-4-2-3-9-22-19/h2-11H,12-16H2,1H3. The Morgan fingerprint density at radius 1 is 1.00 bits per heavy atom. The molecule has 7 nitrogen and oxygen atoms in total. The van der Waals surface area contributed by atoms with Crippen molar-refractivity contribution >= 4 is 11.7 Å². The lowest BCUT2D eigenvalue weighted by molar-refractivity contribution is 0.0746. The average molecular weight is 377 g/mol. The van der Waals surface area contributed by atoms with Crippen LogP contribution in [0, 0.1) is 0 Å². The summed E-state index contributed by atoms with van der Waals surface area (Å²) in [5.41, 5.74) is 0.677. The van der Waals surface area contributed by atoms with Gasteiger partial charge in [0.25, 0.3) is 5.91 Å². The van der Waals surface area contributed by atoms with E-state index in [-0.39, 0.29) is 5.91 Å². The zero-order valence-electron chi connectivity index (χ0n) is 15.9. The number of benzene rings is 1. The summed E-state index contributed by atoms with van der Waals surface area (Å²) in [5.74, 6) is 2.59. The second-order valence-electron chi connectivity index (χ2n) is 6.73. The van der Waals surface area contributed by atoms with Crippen LogP contribution in [0.25, 0.3) is 0 Å². The number of aromatic nitrogens is 3. The summed E-state index contributed by atoms with van der Waals surface area (Å²) in [6.07, 6.45) is 5.42. The number of aryl methyl sites for hydroxylation is 1. The molecular formula is C21H23N5O2. The Bertz CT molecular complexity index is 915. The maximum atomic E-state index is 12.8. The van der Waals surface area contributed by atoms with E-state index < -0.39 is 0 Å². The van der Waals surface area contributed by atoms with Crippen molar-refractivity contribution in [3.8, 4) is 5.75 Å². The highest BCUT2D eigenvalue weighted by Crippen LogP contribution is 2.17. The Hall–Kier alpha value is -3.35. The molecule has 3 heterocycles. The molecule has 1 saturated heterocycles. The Balaban J connectivity index is 1.32. The number of rotatable bonds is 5. The lowest BCUT2D eigenvalue weighted by Gasteiger charge is -2.35. The molecule has 0 bridgehead atoms. The molecule has 2 aromatic heterocycles. The molecule has 1 aromatic carbocycles. The number of ether oxygens (including phenoxy) is 1. The van der Waals surface area contributed by atoms with Crippen molar-refractivity contribution < 1.29 is 9.53 Å². The van der Waals surface area contributed by atoms with Gasteiger partial charge < -0.3 is 19.1 Å². The number of nitrogens with zero attached hydrogens (tertiary/aromatic N) is 5. The highest BCUT2D eigenvalue weighted by atomic mass is 16.5. The van der Waals surface area contributed by atoms with Gasteiger partial charge in [0.2, 0.25) is 0 Å². The van der Waals surface area contributed by atoms with Gasteiger partial charge in [-0.3, -0.25) is 4.79 Å². The van der Waals surface area contributed by atoms with E-state index >= 15 is 0 Å². The largest absolute Gasteiger partial charge is 0.486 e. The normalized spacial score (nSPS) is 14.2. The Labute approximate surface area is 164 Å². The smallest absolute Gasteiger partial charge is 0.253 e. The van der Waals surface area contributed by atoms with Crippen LogP contribution in [0.4, 0.5) is 5.82 Å². The maximum absolute atomic E-state index is 12.8. The van der Waals surface area contributed by atoms with Crippen LogP contribution < -0.4 is 9.64 Å². The zero-order valence-corrected chi connectivity index (χ0v) is 15.9. The third kappa shape index (κ3) is 3.98. The third-order valence-electron chi connectivity index (χ3n) is 4.93. The van der Waals surface area contributed by atoms with Gasteiger partial charge in [0, 0.05) is 57.4 Å². The SMILES string of the molecule is Cn1ccnc1COc1ccc(C(=O)N2CCN(c3ccccn3)CC2)cc1. The summed E-state index contributed by atoms with van der Waals surface area (Å²) >= 11 is 0. The minimum Gasteiger partial charge on any atom is -0.486 e. The van der Waals surface area contributed by atoms with E-state index in [0.29, 0.717) is 25.3 Å². The first-order valence-corrected chi connectivity index (χ1v) is 9.35. The topological polar surface area (TPSA) is 63.5 Å². The molecule has 0 aliphatic carbocycles. The number of hydrogen-bond acceptors (Lipinski definition) is 5. The van der Waals surface area contributed by atoms with Crippen LogP contribution in [-0.2, 0) is 13.7 Å². The van der Waals surface area contributed by atoms with Gasteiger partial charge >= 0.3 is 0 Å². The fraction of sp³-hybridized carbons (Fsp3) is 0.286. The molecule has 1 aliphatic heterocycles. The summed E-state index contributed by atoms with van der Waals surface area (Å²) in [4.78, 5) is 25.5. The Morgan fingerprint density at radius 3 is 2.43 bits per heavy atom. The Kier molecular flexibility index (Phi) is 5.23. The first-order valence-electron chi connectivity index (χ1n) is 9.35. The van der Waals surface area contributed by atoms with Gasteiger partial charge in [-0.05, 0) is 36.4 Å². The van der Waals surface area contributed by atoms with Gasteiger partial charge in [-0.1, -0.05) is 6.07 Å². The van der Waals surface area contributed by atoms with Crippen molar-refractivity contribution in [2.45, 2.75) is 6.61 Å². The van der Waals surface area contributed by atoms with E-state index in [0.717, 1.165) is 30.5 Å². The molecule has 144 valence electrons. The minimum absolute atomic E-state index is 0.0522. The van der Waals surface area contributed by atoms with Crippen molar-refractivity contribution in [1.82, 2.24) is 19.4 Å². The molecule has 1 fully saturated rings. The van der Waals surface area contributed by atoms with Gasteiger partial charge in [0.1, 0.15) is 24.0 Å². The molecule has 4 rings (SSSR count). The van der Waals surface area contributed by atoms with Crippen LogP contribution in [0.3, 0.4) is 0 Å². The second-order valence-corrected chi connectivity index (χ2v) is 6.73. The number of carbonyl (C=O) groups is 1. The number of imidazole rings is 1. The highest BCUT2D eigenvalue weighted by molar-refractivity contribution is 5.94. The fourth-order valence-corrected chi connectivity index (χ4v) is 3.24. The molecule has 0 radical (unpaired) electrons. The van der Waals surface area contributed by atoms with Crippen LogP contribution in [0.2, 0.25) is 0 Å². The number of pyridine rings is 1. The summed E-state index contributed by atoms with van der Waals surface area (Å²) in [7, 11) is 1.93. The van der Waals surface area contributed by atoms with Gasteiger partial charge in [0.15, 0.2) is 0 Å². The second kappa shape index (κ2) is 8.12. The molecule has 3 aromatic rings. The first kappa shape index (κ1) is 18.0. The van der Waals surface area contributed by atoms with E-state index in [1.807, 2.05) is 65.2 Å². The lowest BCUT2D eigenvalue weighted by atomic mass is 10.1. The average Bonchev–Trinajstić information content (AvgIpc) is 3.17. The van der Waals surface area contributed by atoms with E-state index in [1.54, 1.807) is 12.4 Å². The predicted molar refractivity (Wildman–Crippen MR) is 106 cm³/mol. The predicted octanol–water partition coefficient (Wildman–Crippen LogP) is 2.36. The summed E-state index contributed by atoms with van der Waals surface area (Å²) in [5, 5.41) is 0. The molecule has 0 atom stereocenters. The molecule has 28 heavy (non-hydrogen) atoms. The quantitative estimate of drug-likeness (QED) is 0.683. The molecule has 0 saturated carbocycles. The number of carbonyl (C=O) groups excluding carboxylic acids is 1. The fourth-order valence-electron chi connectivity index (χ4n) is 3.24. The van der Waals surface area contributed by atoms with Gasteiger partial charge in [-0.15, -0.1) is 0 Å². The molecule has 0 spiro atoms. The lowest BCUT2D eigenvalue weighted by Crippen LogP contribution is -2.49. The third-order valence-corrected chi connectivity index (χ3v) is 4.93. The van der Waals surface area contributed by atoms with Crippen molar-refractivity contribution in [2.24, 2.45) is 7.05 Å². The van der Waals surface area contributed by atoms with Crippen LogP contribution >= 0.6 is 0 Å². The summed E-state index contributed by atoms with van der Waals surface area (Å²) in [6.45, 7) is 3.34. The number of amides is 1. The van der Waals surface area contributed by atoms with Crippen molar-refractivity contribution in [3.63, 3.8) is 0 Å². The first-order chi connectivity index (χ1) is 13.7. The molecule has 0 N–H and O–H groups in total. The van der Waals surface area contributed by atoms with E-state index in [1.165, 1.54) is 0 Å². The number of piperazine rings is 1. The monoisotopic (exact) mass is 377 g/mol. The minimum atomic E-state index is 0.0522. The summed E-state index contributed by atoms with van der Waals surface area (Å²) < 4.78 is 7.67. The molecule has 0 unspecified atom stereocenters. The van der Waals surface area contributed by atoms with Gasteiger partial charge in [-0.25, -0.2) is 9.97 Å². The molecule has 1 aliphatic rings. The molecular weight excluding hydrogens is 354 g/mol. The van der Waals surface area contributed by atoms with Crippen LogP contribution in [0.15, 0.2) is 61.1 Å². The highest BCUT2D eigenvalue weighted by Gasteiger charge is 2.22. The van der Waals surface area contributed by atoms with Crippen LogP contribution in [0.5, 0.6) is 5.75 Å². The number of hydrogen-bond donors (Lipinski definition) is 0. The zero-order chi connectivity index (χ0) is 19.3. The van der Waals surface area contributed by atoms with Gasteiger partial charge in [-0.2, -0.15) is 0 Å². The van der Waals surface area contributed by atoms with Crippen molar-refractivity contribution in [3.05, 3.63) is 72.4 Å². The van der Waals surface area contributed by atoms with E-state index in [2.05, 4.69) is 14.9 Å². The summed E-state index contributed by atoms with van der Waals surface area (Å²) in [6, 6.07) is 13.2. The molecule has 1 amide bonds. The van der Waals surface area contributed by atoms with Crippen LogP contribution in [-0.4, -0.2) is 51.5 Å². The van der Waals surface area contributed by atoms with E-state index in [9.17, 15) is 4.79 Å². The van der Waals surface area contributed by atoms with E-state index in [4.69, 9.17) is 4.74 Å². The van der Waals surface area contributed by atoms with Crippen LogP contribution in [0.1, 0.15) is 16.2 Å². The van der Waals surface area contributed by atoms with Crippen molar-refractivity contribution in [2.75, 3.05) is 31.1 Å². The van der Waals surface area contributed by atoms with Crippen molar-refractivity contribution in [1.29, 1.82) is 0 Å². The van der Waals surface area contributed by atoms with Gasteiger partial charge in [0.05, 0.1) is 0 Å². The maximum Gasteiger partial charge on any atom is 0.253 e.